The van der Waals surface area contributed by atoms with E-state index in [1.165, 1.54) is 6.20 Å². The van der Waals surface area contributed by atoms with Crippen LogP contribution in [0.4, 0.5) is 0 Å². The van der Waals surface area contributed by atoms with E-state index in [1.807, 2.05) is 18.7 Å². The number of aromatic nitrogens is 3. The molecule has 0 spiro atoms. The molecule has 0 aliphatic heterocycles. The maximum atomic E-state index is 12.6. The summed E-state index contributed by atoms with van der Waals surface area (Å²) in [5, 5.41) is 13.4. The Balaban J connectivity index is 2.14. The predicted molar refractivity (Wildman–Crippen MR) is 98.9 cm³/mol. The van der Waals surface area contributed by atoms with Gasteiger partial charge in [-0.3, -0.25) is 4.79 Å². The fraction of sp³-hybridized carbons (Fsp3) is 0.579. The summed E-state index contributed by atoms with van der Waals surface area (Å²) in [6.45, 7) is 7.92. The number of carbonyl (C=O) groups excluding carboxylic acids is 1. The van der Waals surface area contributed by atoms with Crippen molar-refractivity contribution in [1.82, 2.24) is 19.5 Å². The monoisotopic (exact) mass is 357 g/mol. The maximum Gasteiger partial charge on any atom is 0.222 e. The van der Waals surface area contributed by atoms with Crippen LogP contribution in [0.3, 0.4) is 0 Å². The van der Waals surface area contributed by atoms with Crippen LogP contribution in [0.25, 0.3) is 5.65 Å². The quantitative estimate of drug-likeness (QED) is 0.688. The molecule has 0 N–H and O–H groups in total. The van der Waals surface area contributed by atoms with Crippen molar-refractivity contribution in [2.24, 2.45) is 0 Å². The van der Waals surface area contributed by atoms with Gasteiger partial charge in [-0.1, -0.05) is 13.3 Å². The molecule has 26 heavy (non-hydrogen) atoms. The molecular formula is C19H27N5O2. The SMILES string of the molecule is CCCCN(CCOC)C(=O)CCc1c(C)nc2c(C#N)cnn2c1C. The van der Waals surface area contributed by atoms with Gasteiger partial charge in [0, 0.05) is 38.0 Å². The first kappa shape index (κ1) is 19.9. The number of methoxy groups -OCH3 is 1. The third-order valence-electron chi connectivity index (χ3n) is 4.62. The second kappa shape index (κ2) is 9.30. The molecule has 0 saturated heterocycles. The number of unbranched alkanes of at least 4 members (excludes halogenated alkanes) is 1. The van der Waals surface area contributed by atoms with Gasteiger partial charge in [-0.15, -0.1) is 0 Å². The lowest BCUT2D eigenvalue weighted by atomic mass is 10.1. The van der Waals surface area contributed by atoms with Crippen molar-refractivity contribution >= 4 is 11.6 Å². The van der Waals surface area contributed by atoms with Crippen LogP contribution in [0.15, 0.2) is 6.20 Å². The molecule has 140 valence electrons. The fourth-order valence-corrected chi connectivity index (χ4v) is 3.05. The Kier molecular flexibility index (Phi) is 7.10. The Hall–Kier alpha value is -2.46. The Labute approximate surface area is 154 Å². The number of nitriles is 1. The van der Waals surface area contributed by atoms with Gasteiger partial charge < -0.3 is 9.64 Å². The third-order valence-corrected chi connectivity index (χ3v) is 4.62. The molecule has 0 aromatic carbocycles. The van der Waals surface area contributed by atoms with Crippen molar-refractivity contribution in [3.63, 3.8) is 0 Å². The number of aryl methyl sites for hydroxylation is 2. The molecule has 2 heterocycles. The second-order valence-electron chi connectivity index (χ2n) is 6.39. The van der Waals surface area contributed by atoms with Gasteiger partial charge >= 0.3 is 0 Å². The topological polar surface area (TPSA) is 83.5 Å². The highest BCUT2D eigenvalue weighted by Crippen LogP contribution is 2.18. The third kappa shape index (κ3) is 4.38. The molecule has 0 bridgehead atoms. The summed E-state index contributed by atoms with van der Waals surface area (Å²) in [6, 6.07) is 2.11. The predicted octanol–water partition coefficient (Wildman–Crippen LogP) is 2.43. The lowest BCUT2D eigenvalue weighted by Gasteiger charge is -2.22. The first-order valence-corrected chi connectivity index (χ1v) is 9.04. The zero-order valence-corrected chi connectivity index (χ0v) is 16.1. The summed E-state index contributed by atoms with van der Waals surface area (Å²) in [6.07, 6.45) is 4.60. The molecule has 0 unspecified atom stereocenters. The molecule has 0 atom stereocenters. The molecule has 0 saturated carbocycles. The van der Waals surface area contributed by atoms with Crippen molar-refractivity contribution in [3.8, 4) is 6.07 Å². The van der Waals surface area contributed by atoms with Crippen LogP contribution < -0.4 is 0 Å². The minimum atomic E-state index is 0.132. The smallest absolute Gasteiger partial charge is 0.222 e. The number of carbonyl (C=O) groups is 1. The summed E-state index contributed by atoms with van der Waals surface area (Å²) in [5.41, 5.74) is 3.82. The van der Waals surface area contributed by atoms with Crippen molar-refractivity contribution in [1.29, 1.82) is 5.26 Å². The Morgan fingerprint density at radius 2 is 2.15 bits per heavy atom. The standard InChI is InChI=1S/C19H27N5O2/c1-5-6-9-23(10-11-26-4)18(25)8-7-17-14(2)22-19-16(12-20)13-21-24(19)15(17)3/h13H,5-11H2,1-4H3. The lowest BCUT2D eigenvalue weighted by molar-refractivity contribution is -0.131. The average molecular weight is 357 g/mol. The second-order valence-corrected chi connectivity index (χ2v) is 6.39. The van der Waals surface area contributed by atoms with Crippen LogP contribution in [-0.4, -0.2) is 52.2 Å². The molecule has 0 aliphatic carbocycles. The Morgan fingerprint density at radius 3 is 2.81 bits per heavy atom. The van der Waals surface area contributed by atoms with Crippen LogP contribution in [0.5, 0.6) is 0 Å². The summed E-state index contributed by atoms with van der Waals surface area (Å²) in [5.74, 6) is 0.132. The molecule has 1 amide bonds. The highest BCUT2D eigenvalue weighted by Gasteiger charge is 2.17. The van der Waals surface area contributed by atoms with E-state index in [-0.39, 0.29) is 5.91 Å². The summed E-state index contributed by atoms with van der Waals surface area (Å²) < 4.78 is 6.81. The Bertz CT molecular complexity index is 798. The summed E-state index contributed by atoms with van der Waals surface area (Å²) >= 11 is 0. The molecule has 2 rings (SSSR count). The van der Waals surface area contributed by atoms with E-state index in [2.05, 4.69) is 23.1 Å². The van der Waals surface area contributed by atoms with E-state index in [0.717, 1.165) is 36.3 Å². The highest BCUT2D eigenvalue weighted by atomic mass is 16.5. The summed E-state index contributed by atoms with van der Waals surface area (Å²) in [7, 11) is 1.65. The molecule has 0 aliphatic rings. The zero-order chi connectivity index (χ0) is 19.1. The average Bonchev–Trinajstić information content (AvgIpc) is 3.04. The minimum absolute atomic E-state index is 0.132. The van der Waals surface area contributed by atoms with Crippen LogP contribution >= 0.6 is 0 Å². The maximum absolute atomic E-state index is 12.6. The van der Waals surface area contributed by atoms with Gasteiger partial charge in [-0.25, -0.2) is 9.50 Å². The van der Waals surface area contributed by atoms with Crippen LogP contribution in [0, 0.1) is 25.2 Å². The number of nitrogens with zero attached hydrogens (tertiary/aromatic N) is 5. The number of amides is 1. The van der Waals surface area contributed by atoms with Crippen molar-refractivity contribution < 1.29 is 9.53 Å². The van der Waals surface area contributed by atoms with Gasteiger partial charge in [0.2, 0.25) is 5.91 Å². The number of hydrogen-bond donors (Lipinski definition) is 0. The first-order valence-electron chi connectivity index (χ1n) is 9.04. The summed E-state index contributed by atoms with van der Waals surface area (Å²) in [4.78, 5) is 19.1. The first-order chi connectivity index (χ1) is 12.5. The Morgan fingerprint density at radius 1 is 1.38 bits per heavy atom. The molecule has 0 radical (unpaired) electrons. The van der Waals surface area contributed by atoms with E-state index in [4.69, 9.17) is 10.00 Å². The van der Waals surface area contributed by atoms with E-state index in [9.17, 15) is 4.79 Å². The number of ether oxygens (including phenoxy) is 1. The van der Waals surface area contributed by atoms with Crippen LogP contribution in [-0.2, 0) is 16.0 Å². The molecule has 7 nitrogen and oxygen atoms in total. The fourth-order valence-electron chi connectivity index (χ4n) is 3.05. The number of fused-ring (bicyclic) bond motifs is 1. The van der Waals surface area contributed by atoms with Gasteiger partial charge in [0.15, 0.2) is 5.65 Å². The van der Waals surface area contributed by atoms with E-state index in [0.29, 0.717) is 37.2 Å². The van der Waals surface area contributed by atoms with Crippen LogP contribution in [0.1, 0.15) is 48.7 Å². The number of hydrogen-bond acceptors (Lipinski definition) is 5. The number of rotatable bonds is 9. The van der Waals surface area contributed by atoms with Gasteiger partial charge in [0.1, 0.15) is 11.6 Å². The van der Waals surface area contributed by atoms with Gasteiger partial charge in [-0.05, 0) is 32.3 Å². The zero-order valence-electron chi connectivity index (χ0n) is 16.1. The van der Waals surface area contributed by atoms with Gasteiger partial charge in [-0.2, -0.15) is 10.4 Å². The molecular weight excluding hydrogens is 330 g/mol. The lowest BCUT2D eigenvalue weighted by Crippen LogP contribution is -2.35. The molecule has 2 aromatic rings. The van der Waals surface area contributed by atoms with E-state index >= 15 is 0 Å². The van der Waals surface area contributed by atoms with Crippen molar-refractivity contribution in [2.45, 2.75) is 46.5 Å². The normalized spacial score (nSPS) is 10.9. The molecule has 7 heteroatoms. The van der Waals surface area contributed by atoms with E-state index in [1.54, 1.807) is 11.6 Å². The molecule has 0 fully saturated rings. The largest absolute Gasteiger partial charge is 0.383 e. The molecule has 2 aromatic heterocycles. The minimum Gasteiger partial charge on any atom is -0.383 e. The highest BCUT2D eigenvalue weighted by molar-refractivity contribution is 5.76. The van der Waals surface area contributed by atoms with Crippen molar-refractivity contribution in [3.05, 3.63) is 28.7 Å². The van der Waals surface area contributed by atoms with Crippen molar-refractivity contribution in [2.75, 3.05) is 26.8 Å². The van der Waals surface area contributed by atoms with Gasteiger partial charge in [0.05, 0.1) is 12.8 Å². The van der Waals surface area contributed by atoms with Crippen LogP contribution in [0.2, 0.25) is 0 Å². The van der Waals surface area contributed by atoms with E-state index < -0.39 is 0 Å². The van der Waals surface area contributed by atoms with Gasteiger partial charge in [0.25, 0.3) is 0 Å².